The number of hydrogen-bond donors (Lipinski definition) is 1. The summed E-state index contributed by atoms with van der Waals surface area (Å²) >= 11 is 1.41. The van der Waals surface area contributed by atoms with Crippen molar-refractivity contribution in [2.24, 2.45) is 13.0 Å². The highest BCUT2D eigenvalue weighted by molar-refractivity contribution is 7.13. The Labute approximate surface area is 129 Å². The number of nitrogens with zero attached hydrogens (tertiary/aromatic N) is 7. The zero-order valence-electron chi connectivity index (χ0n) is 11.7. The van der Waals surface area contributed by atoms with Crippen LogP contribution in [0.5, 0.6) is 0 Å². The number of rotatable bonds is 3. The van der Waals surface area contributed by atoms with Gasteiger partial charge in [0.2, 0.25) is 5.91 Å². The Morgan fingerprint density at radius 3 is 3.00 bits per heavy atom. The fourth-order valence-electron chi connectivity index (χ4n) is 2.38. The molecule has 1 aliphatic rings. The monoisotopic (exact) mass is 316 g/mol. The van der Waals surface area contributed by atoms with Gasteiger partial charge in [0, 0.05) is 31.7 Å². The highest BCUT2D eigenvalue weighted by Gasteiger charge is 2.35. The van der Waals surface area contributed by atoms with E-state index in [1.807, 2.05) is 10.3 Å². The quantitative estimate of drug-likeness (QED) is 0.741. The zero-order valence-corrected chi connectivity index (χ0v) is 12.5. The first kappa shape index (κ1) is 13.1. The first-order valence-corrected chi connectivity index (χ1v) is 7.56. The molecule has 112 valence electrons. The van der Waals surface area contributed by atoms with E-state index in [0.717, 1.165) is 5.82 Å². The van der Waals surface area contributed by atoms with E-state index in [-0.39, 0.29) is 11.8 Å². The van der Waals surface area contributed by atoms with Gasteiger partial charge in [-0.05, 0) is 0 Å². The van der Waals surface area contributed by atoms with E-state index < -0.39 is 0 Å². The molecule has 0 aliphatic carbocycles. The minimum Gasteiger partial charge on any atom is -0.353 e. The number of fused-ring (bicyclic) bond motifs is 1. The molecule has 4 rings (SSSR count). The van der Waals surface area contributed by atoms with E-state index in [1.54, 1.807) is 17.9 Å². The van der Waals surface area contributed by atoms with E-state index in [0.29, 0.717) is 29.4 Å². The van der Waals surface area contributed by atoms with Crippen molar-refractivity contribution < 1.29 is 4.79 Å². The number of carbonyl (C=O) groups excluding carboxylic acids is 1. The summed E-state index contributed by atoms with van der Waals surface area (Å²) < 4.78 is 1.60. The normalized spacial score (nSPS) is 15.0. The second-order valence-electron chi connectivity index (χ2n) is 5.01. The molecule has 1 saturated heterocycles. The Morgan fingerprint density at radius 1 is 1.36 bits per heavy atom. The first-order valence-electron chi connectivity index (χ1n) is 6.68. The molecule has 1 amide bonds. The molecule has 0 saturated carbocycles. The maximum absolute atomic E-state index is 12.1. The number of anilines is 2. The lowest BCUT2D eigenvalue weighted by atomic mass is 9.99. The van der Waals surface area contributed by atoms with E-state index in [1.165, 1.54) is 17.7 Å². The third-order valence-corrected chi connectivity index (χ3v) is 4.27. The van der Waals surface area contributed by atoms with Gasteiger partial charge < -0.3 is 10.2 Å². The number of aromatic nitrogens is 6. The van der Waals surface area contributed by atoms with Crippen LogP contribution in [-0.2, 0) is 11.8 Å². The summed E-state index contributed by atoms with van der Waals surface area (Å²) in [5, 5.41) is 13.3. The molecular formula is C12H12N8OS. The number of aryl methyl sites for hydroxylation is 1. The summed E-state index contributed by atoms with van der Waals surface area (Å²) in [5.41, 5.74) is 1.34. The molecular weight excluding hydrogens is 304 g/mol. The lowest BCUT2D eigenvalue weighted by Gasteiger charge is -2.38. The van der Waals surface area contributed by atoms with Gasteiger partial charge in [0.1, 0.15) is 6.33 Å². The summed E-state index contributed by atoms with van der Waals surface area (Å²) in [7, 11) is 1.78. The fraction of sp³-hybridized carbons (Fsp3) is 0.333. The summed E-state index contributed by atoms with van der Waals surface area (Å²) in [6.45, 7) is 1.19. The van der Waals surface area contributed by atoms with Gasteiger partial charge in [-0.3, -0.25) is 4.79 Å². The maximum Gasteiger partial charge on any atom is 0.232 e. The third kappa shape index (κ3) is 2.08. The van der Waals surface area contributed by atoms with Crippen LogP contribution in [0.1, 0.15) is 0 Å². The molecule has 1 N–H and O–H groups in total. The standard InChI is InChI=1S/C12H12N8OS/c1-19-9-8(17-18-19)10(15-6-14-9)20-4-7(5-20)11(21)16-12-13-2-3-22-12/h2-3,6-7H,4-5H2,1H3,(H,13,16,21). The van der Waals surface area contributed by atoms with Crippen LogP contribution in [0.2, 0.25) is 0 Å². The molecule has 4 heterocycles. The molecule has 3 aromatic heterocycles. The lowest BCUT2D eigenvalue weighted by molar-refractivity contribution is -0.120. The molecule has 3 aromatic rings. The van der Waals surface area contributed by atoms with Crippen LogP contribution in [0.15, 0.2) is 17.9 Å². The molecule has 9 nitrogen and oxygen atoms in total. The molecule has 0 spiro atoms. The summed E-state index contributed by atoms with van der Waals surface area (Å²) in [4.78, 5) is 26.6. The molecule has 1 fully saturated rings. The minimum absolute atomic E-state index is 0.0179. The highest BCUT2D eigenvalue weighted by atomic mass is 32.1. The number of hydrogen-bond acceptors (Lipinski definition) is 8. The molecule has 22 heavy (non-hydrogen) atoms. The molecule has 1 aliphatic heterocycles. The summed E-state index contributed by atoms with van der Waals surface area (Å²) in [6.07, 6.45) is 3.16. The lowest BCUT2D eigenvalue weighted by Crippen LogP contribution is -2.52. The van der Waals surface area contributed by atoms with Gasteiger partial charge in [-0.2, -0.15) is 0 Å². The van der Waals surface area contributed by atoms with E-state index >= 15 is 0 Å². The van der Waals surface area contributed by atoms with Crippen LogP contribution in [-0.4, -0.2) is 48.9 Å². The minimum atomic E-state index is -0.0782. The largest absolute Gasteiger partial charge is 0.353 e. The molecule has 0 radical (unpaired) electrons. The third-order valence-electron chi connectivity index (χ3n) is 3.58. The van der Waals surface area contributed by atoms with Crippen LogP contribution >= 0.6 is 11.3 Å². The Morgan fingerprint density at radius 2 is 2.23 bits per heavy atom. The Kier molecular flexibility index (Phi) is 2.96. The van der Waals surface area contributed by atoms with Crippen molar-refractivity contribution in [2.45, 2.75) is 0 Å². The summed E-state index contributed by atoms with van der Waals surface area (Å²) in [5.74, 6) is 0.623. The van der Waals surface area contributed by atoms with E-state index in [2.05, 4.69) is 30.6 Å². The van der Waals surface area contributed by atoms with Crippen LogP contribution in [0, 0.1) is 5.92 Å². The van der Waals surface area contributed by atoms with Gasteiger partial charge in [0.15, 0.2) is 22.1 Å². The average molecular weight is 316 g/mol. The van der Waals surface area contributed by atoms with Crippen molar-refractivity contribution in [2.75, 3.05) is 23.3 Å². The van der Waals surface area contributed by atoms with Crippen LogP contribution in [0.25, 0.3) is 11.2 Å². The van der Waals surface area contributed by atoms with Gasteiger partial charge in [0.25, 0.3) is 0 Å². The first-order chi connectivity index (χ1) is 10.7. The van der Waals surface area contributed by atoms with Gasteiger partial charge in [-0.25, -0.2) is 19.6 Å². The topological polar surface area (TPSA) is 102 Å². The highest BCUT2D eigenvalue weighted by Crippen LogP contribution is 2.28. The second-order valence-corrected chi connectivity index (χ2v) is 5.91. The van der Waals surface area contributed by atoms with E-state index in [4.69, 9.17) is 0 Å². The second kappa shape index (κ2) is 4.98. The fourth-order valence-corrected chi connectivity index (χ4v) is 2.91. The Hall–Kier alpha value is -2.62. The molecule has 0 unspecified atom stereocenters. The van der Waals surface area contributed by atoms with Crippen molar-refractivity contribution in [3.8, 4) is 0 Å². The number of carbonyl (C=O) groups is 1. The van der Waals surface area contributed by atoms with E-state index in [9.17, 15) is 4.79 Å². The smallest absolute Gasteiger partial charge is 0.232 e. The van der Waals surface area contributed by atoms with Crippen molar-refractivity contribution in [3.05, 3.63) is 17.9 Å². The molecule has 0 bridgehead atoms. The van der Waals surface area contributed by atoms with Crippen molar-refractivity contribution >= 4 is 39.4 Å². The predicted molar refractivity (Wildman–Crippen MR) is 80.5 cm³/mol. The van der Waals surface area contributed by atoms with Crippen molar-refractivity contribution in [1.29, 1.82) is 0 Å². The molecule has 10 heteroatoms. The van der Waals surface area contributed by atoms with Gasteiger partial charge in [-0.15, -0.1) is 16.4 Å². The predicted octanol–water partition coefficient (Wildman–Crippen LogP) is 0.290. The zero-order chi connectivity index (χ0) is 15.1. The van der Waals surface area contributed by atoms with Gasteiger partial charge >= 0.3 is 0 Å². The summed E-state index contributed by atoms with van der Waals surface area (Å²) in [6, 6.07) is 0. The molecule has 0 aromatic carbocycles. The number of amides is 1. The molecule has 0 atom stereocenters. The number of thiazole rings is 1. The van der Waals surface area contributed by atoms with Crippen LogP contribution < -0.4 is 10.2 Å². The maximum atomic E-state index is 12.1. The van der Waals surface area contributed by atoms with Gasteiger partial charge in [0.05, 0.1) is 5.92 Å². The average Bonchev–Trinajstić information content (AvgIpc) is 3.08. The van der Waals surface area contributed by atoms with Crippen molar-refractivity contribution in [1.82, 2.24) is 29.9 Å². The van der Waals surface area contributed by atoms with Crippen molar-refractivity contribution in [3.63, 3.8) is 0 Å². The Bertz CT molecular complexity index is 823. The van der Waals surface area contributed by atoms with Crippen LogP contribution in [0.4, 0.5) is 10.9 Å². The Balaban J connectivity index is 1.47. The SMILES string of the molecule is Cn1nnc2c(N3CC(C(=O)Nc4nccs4)C3)ncnc21. The van der Waals surface area contributed by atoms with Crippen LogP contribution in [0.3, 0.4) is 0 Å². The number of nitrogens with one attached hydrogen (secondary N) is 1. The van der Waals surface area contributed by atoms with Gasteiger partial charge in [-0.1, -0.05) is 5.21 Å².